The van der Waals surface area contributed by atoms with Crippen LogP contribution in [-0.2, 0) is 15.7 Å². The van der Waals surface area contributed by atoms with Crippen molar-refractivity contribution in [1.82, 2.24) is 0 Å². The van der Waals surface area contributed by atoms with Crippen LogP contribution in [0.1, 0.15) is 69.6 Å². The molecule has 4 nitrogen and oxygen atoms in total. The van der Waals surface area contributed by atoms with E-state index in [1.807, 2.05) is 36.1 Å². The fourth-order valence-electron chi connectivity index (χ4n) is 5.80. The lowest BCUT2D eigenvalue weighted by molar-refractivity contribution is -0.158. The predicted molar refractivity (Wildman–Crippen MR) is 145 cm³/mol. The number of anilines is 1. The zero-order chi connectivity index (χ0) is 27.6. The van der Waals surface area contributed by atoms with Crippen LogP contribution >= 0.6 is 0 Å². The Labute approximate surface area is 224 Å². The molecule has 7 heteroatoms. The molecule has 0 heterocycles. The number of nitrogens with zero attached hydrogens (tertiary/aromatic N) is 2. The molecule has 0 amide bonds. The minimum atomic E-state index is -4.43. The first-order valence-corrected chi connectivity index (χ1v) is 13.7. The number of hydrogen-bond donors (Lipinski definition) is 0. The van der Waals surface area contributed by atoms with Gasteiger partial charge < -0.3 is 9.64 Å². The molecule has 0 saturated heterocycles. The number of alkyl halides is 3. The highest BCUT2D eigenvalue weighted by Gasteiger charge is 2.45. The van der Waals surface area contributed by atoms with Crippen LogP contribution in [0.4, 0.5) is 18.9 Å². The second kappa shape index (κ2) is 11.5. The lowest BCUT2D eigenvalue weighted by Gasteiger charge is -2.39. The predicted octanol–water partition coefficient (Wildman–Crippen LogP) is 7.68. The van der Waals surface area contributed by atoms with E-state index in [0.717, 1.165) is 55.5 Å². The lowest BCUT2D eigenvalue weighted by Crippen LogP contribution is -2.50. The first kappa shape index (κ1) is 28.2. The van der Waals surface area contributed by atoms with Gasteiger partial charge in [0, 0.05) is 18.3 Å². The standard InChI is InChI=1S/C31H39F3N2O2/c1-19(2)25-17-10-20(3)18-27(25)38-30(37)28(22-11-12-22)36(26-9-7-6-8-21(26)4)29(35-5)23-13-15-24(16-14-23)31(32,33)34/h6-9,13-16,19-20,22,25,27-28H,10-12,17-18H2,1-5H3/t20-,25+,27-,28-/m1/s1. The molecule has 206 valence electrons. The number of carbonyl (C=O) groups is 1. The van der Waals surface area contributed by atoms with Crippen molar-refractivity contribution in [3.05, 3.63) is 65.2 Å². The molecule has 2 aromatic rings. The third kappa shape index (κ3) is 6.24. The van der Waals surface area contributed by atoms with Gasteiger partial charge in [0.1, 0.15) is 18.0 Å². The van der Waals surface area contributed by atoms with E-state index in [4.69, 9.17) is 4.74 Å². The number of carbonyl (C=O) groups excluding carboxylic acids is 1. The van der Waals surface area contributed by atoms with Crippen LogP contribution in [0.15, 0.2) is 53.5 Å². The topological polar surface area (TPSA) is 41.9 Å². The van der Waals surface area contributed by atoms with Crippen LogP contribution in [0.25, 0.3) is 0 Å². The Morgan fingerprint density at radius 2 is 1.68 bits per heavy atom. The molecular formula is C31H39F3N2O2. The van der Waals surface area contributed by atoms with Crippen molar-refractivity contribution < 1.29 is 22.7 Å². The molecule has 4 atom stereocenters. The fraction of sp³-hybridized carbons (Fsp3) is 0.548. The van der Waals surface area contributed by atoms with Crippen molar-refractivity contribution in [3.63, 3.8) is 0 Å². The quantitative estimate of drug-likeness (QED) is 0.210. The number of hydrogen-bond acceptors (Lipinski definition) is 3. The number of benzene rings is 2. The van der Waals surface area contributed by atoms with E-state index < -0.39 is 17.8 Å². The summed E-state index contributed by atoms with van der Waals surface area (Å²) in [5.74, 6) is 1.50. The summed E-state index contributed by atoms with van der Waals surface area (Å²) in [5, 5.41) is 0. The van der Waals surface area contributed by atoms with Gasteiger partial charge in [-0.25, -0.2) is 4.79 Å². The van der Waals surface area contributed by atoms with Crippen LogP contribution < -0.4 is 4.90 Å². The smallest absolute Gasteiger partial charge is 0.416 e. The summed E-state index contributed by atoms with van der Waals surface area (Å²) in [6, 6.07) is 12.1. The molecule has 0 radical (unpaired) electrons. The summed E-state index contributed by atoms with van der Waals surface area (Å²) in [7, 11) is 1.62. The van der Waals surface area contributed by atoms with Crippen LogP contribution in [0.3, 0.4) is 0 Å². The molecule has 0 spiro atoms. The van der Waals surface area contributed by atoms with Crippen LogP contribution in [0.2, 0.25) is 0 Å². The Morgan fingerprint density at radius 3 is 2.24 bits per heavy atom. The van der Waals surface area contributed by atoms with Crippen molar-refractivity contribution >= 4 is 17.5 Å². The van der Waals surface area contributed by atoms with Gasteiger partial charge in [-0.05, 0) is 80.0 Å². The molecule has 4 rings (SSSR count). The van der Waals surface area contributed by atoms with Gasteiger partial charge in [-0.1, -0.05) is 57.5 Å². The minimum Gasteiger partial charge on any atom is -0.461 e. The van der Waals surface area contributed by atoms with E-state index in [9.17, 15) is 18.0 Å². The molecule has 2 saturated carbocycles. The largest absolute Gasteiger partial charge is 0.461 e. The summed E-state index contributed by atoms with van der Waals surface area (Å²) >= 11 is 0. The van der Waals surface area contributed by atoms with E-state index in [1.165, 1.54) is 12.1 Å². The maximum absolute atomic E-state index is 14.1. The van der Waals surface area contributed by atoms with Gasteiger partial charge in [-0.2, -0.15) is 13.2 Å². The maximum atomic E-state index is 14.1. The summed E-state index contributed by atoms with van der Waals surface area (Å²) in [5.41, 5.74) is 1.56. The van der Waals surface area contributed by atoms with Gasteiger partial charge in [0.15, 0.2) is 0 Å². The fourth-order valence-corrected chi connectivity index (χ4v) is 5.80. The summed E-state index contributed by atoms with van der Waals surface area (Å²) in [6.07, 6.45) is 0.242. The third-order valence-corrected chi connectivity index (χ3v) is 8.10. The second-order valence-corrected chi connectivity index (χ2v) is 11.4. The molecule has 2 aromatic carbocycles. The number of aliphatic imine (C=N–C) groups is 1. The molecule has 0 aromatic heterocycles. The zero-order valence-electron chi connectivity index (χ0n) is 23.0. The molecule has 2 aliphatic rings. The first-order valence-electron chi connectivity index (χ1n) is 13.7. The Kier molecular flexibility index (Phi) is 8.53. The van der Waals surface area contributed by atoms with E-state index >= 15 is 0 Å². The van der Waals surface area contributed by atoms with Gasteiger partial charge in [-0.15, -0.1) is 0 Å². The molecular weight excluding hydrogens is 489 g/mol. The highest BCUT2D eigenvalue weighted by molar-refractivity contribution is 6.13. The Hall–Kier alpha value is -2.83. The average molecular weight is 529 g/mol. The van der Waals surface area contributed by atoms with Crippen molar-refractivity contribution in [2.24, 2.45) is 28.7 Å². The van der Waals surface area contributed by atoms with Crippen molar-refractivity contribution in [2.75, 3.05) is 11.9 Å². The van der Waals surface area contributed by atoms with Gasteiger partial charge in [0.25, 0.3) is 0 Å². The van der Waals surface area contributed by atoms with Crippen LogP contribution in [0.5, 0.6) is 0 Å². The number of ether oxygens (including phenoxy) is 1. The number of para-hydroxylation sites is 1. The van der Waals surface area contributed by atoms with Gasteiger partial charge in [0.2, 0.25) is 0 Å². The highest BCUT2D eigenvalue weighted by atomic mass is 19.4. The third-order valence-electron chi connectivity index (χ3n) is 8.10. The Balaban J connectivity index is 1.74. The van der Waals surface area contributed by atoms with Crippen molar-refractivity contribution in [2.45, 2.75) is 78.1 Å². The van der Waals surface area contributed by atoms with Crippen molar-refractivity contribution in [1.29, 1.82) is 0 Å². The lowest BCUT2D eigenvalue weighted by atomic mass is 9.75. The number of amidine groups is 1. The Morgan fingerprint density at radius 1 is 1.03 bits per heavy atom. The van der Waals surface area contributed by atoms with Gasteiger partial charge in [-0.3, -0.25) is 4.99 Å². The summed E-state index contributed by atoms with van der Waals surface area (Å²) in [4.78, 5) is 20.5. The second-order valence-electron chi connectivity index (χ2n) is 11.4. The van der Waals surface area contributed by atoms with E-state index in [0.29, 0.717) is 29.2 Å². The minimum absolute atomic E-state index is 0.0896. The van der Waals surface area contributed by atoms with Gasteiger partial charge in [0.05, 0.1) is 5.56 Å². The molecule has 2 aliphatic carbocycles. The molecule has 0 unspecified atom stereocenters. The summed E-state index contributed by atoms with van der Waals surface area (Å²) < 4.78 is 46.1. The molecule has 0 aliphatic heterocycles. The first-order chi connectivity index (χ1) is 18.0. The van der Waals surface area contributed by atoms with Gasteiger partial charge >= 0.3 is 12.1 Å². The Bertz CT molecular complexity index is 1140. The number of aryl methyl sites for hydroxylation is 1. The van der Waals surface area contributed by atoms with E-state index in [2.05, 4.69) is 25.8 Å². The SMILES string of the molecule is CN=C(c1ccc(C(F)(F)F)cc1)N(c1ccccc1C)[C@@H](C(=O)O[C@@H]1C[C@H](C)CC[C@H]1C(C)C)C1CC1. The normalized spacial score (nSPS) is 23.3. The molecule has 0 N–H and O–H groups in total. The van der Waals surface area contributed by atoms with E-state index in [-0.39, 0.29) is 18.0 Å². The number of esters is 1. The van der Waals surface area contributed by atoms with Crippen LogP contribution in [-0.4, -0.2) is 31.0 Å². The van der Waals surface area contributed by atoms with Crippen molar-refractivity contribution in [3.8, 4) is 0 Å². The molecule has 38 heavy (non-hydrogen) atoms. The average Bonchev–Trinajstić information content (AvgIpc) is 3.69. The number of halogens is 3. The number of rotatable bonds is 7. The maximum Gasteiger partial charge on any atom is 0.416 e. The summed E-state index contributed by atoms with van der Waals surface area (Å²) in [6.45, 7) is 8.55. The van der Waals surface area contributed by atoms with Crippen LogP contribution in [0, 0.1) is 30.6 Å². The monoisotopic (exact) mass is 528 g/mol. The molecule has 2 fully saturated rings. The van der Waals surface area contributed by atoms with E-state index in [1.54, 1.807) is 7.05 Å². The zero-order valence-corrected chi connectivity index (χ0v) is 23.0. The highest BCUT2D eigenvalue weighted by Crippen LogP contribution is 2.41. The molecule has 0 bridgehead atoms.